The minimum Gasteiger partial charge on any atom is -0.492 e. The van der Waals surface area contributed by atoms with Crippen LogP contribution in [0, 0.1) is 0 Å². The standard InChI is InChI=1S/C32H37N5O4/c1-32(2,3)29-21-27(37(34-29)22-23-9-5-4-6-10-23)30(35-39)31(38)33-26-13-14-28(25-12-8-7-11-24(25)26)41-20-17-36-15-18-40-19-16-36/h4-14,21,39H,15-20,22H2,1-3H3,(H,33,38)/b35-30-. The van der Waals surface area contributed by atoms with E-state index in [1.54, 1.807) is 4.68 Å². The smallest absolute Gasteiger partial charge is 0.279 e. The van der Waals surface area contributed by atoms with Gasteiger partial charge in [0, 0.05) is 41.5 Å². The molecule has 0 radical (unpaired) electrons. The van der Waals surface area contributed by atoms with Gasteiger partial charge in [0.15, 0.2) is 5.71 Å². The number of rotatable bonds is 9. The molecule has 0 spiro atoms. The molecule has 4 aromatic rings. The molecule has 5 rings (SSSR count). The highest BCUT2D eigenvalue weighted by molar-refractivity contribution is 6.48. The number of oxime groups is 1. The lowest BCUT2D eigenvalue weighted by molar-refractivity contribution is -0.110. The molecule has 1 aromatic heterocycles. The summed E-state index contributed by atoms with van der Waals surface area (Å²) in [6.07, 6.45) is 0. The zero-order valence-corrected chi connectivity index (χ0v) is 23.8. The van der Waals surface area contributed by atoms with Gasteiger partial charge in [-0.15, -0.1) is 0 Å². The number of ether oxygens (including phenoxy) is 2. The molecule has 1 fully saturated rings. The average molecular weight is 556 g/mol. The Bertz CT molecular complexity index is 1520. The highest BCUT2D eigenvalue weighted by Gasteiger charge is 2.26. The third-order valence-electron chi connectivity index (χ3n) is 7.18. The maximum Gasteiger partial charge on any atom is 0.279 e. The molecular weight excluding hydrogens is 518 g/mol. The van der Waals surface area contributed by atoms with Crippen molar-refractivity contribution in [1.29, 1.82) is 0 Å². The average Bonchev–Trinajstić information content (AvgIpc) is 3.39. The summed E-state index contributed by atoms with van der Waals surface area (Å²) in [5.41, 5.74) is 2.47. The summed E-state index contributed by atoms with van der Waals surface area (Å²) in [7, 11) is 0. The topological polar surface area (TPSA) is 101 Å². The van der Waals surface area contributed by atoms with Crippen molar-refractivity contribution in [3.8, 4) is 5.75 Å². The number of nitrogens with one attached hydrogen (secondary N) is 1. The van der Waals surface area contributed by atoms with Crippen LogP contribution < -0.4 is 10.1 Å². The van der Waals surface area contributed by atoms with E-state index in [9.17, 15) is 10.0 Å². The van der Waals surface area contributed by atoms with Crippen molar-refractivity contribution in [1.82, 2.24) is 14.7 Å². The lowest BCUT2D eigenvalue weighted by atomic mass is 9.92. The van der Waals surface area contributed by atoms with Gasteiger partial charge >= 0.3 is 0 Å². The summed E-state index contributed by atoms with van der Waals surface area (Å²) in [4.78, 5) is 15.9. The molecular formula is C32H37N5O4. The van der Waals surface area contributed by atoms with Crippen LogP contribution in [0.2, 0.25) is 0 Å². The van der Waals surface area contributed by atoms with Crippen molar-refractivity contribution in [2.45, 2.75) is 32.7 Å². The third-order valence-corrected chi connectivity index (χ3v) is 7.18. The molecule has 0 unspecified atom stereocenters. The second-order valence-corrected chi connectivity index (χ2v) is 11.2. The fraction of sp³-hybridized carbons (Fsp3) is 0.344. The molecule has 0 aliphatic carbocycles. The number of aromatic nitrogens is 2. The van der Waals surface area contributed by atoms with Gasteiger partial charge in [-0.25, -0.2) is 0 Å². The maximum atomic E-state index is 13.6. The first kappa shape index (κ1) is 28.3. The zero-order chi connectivity index (χ0) is 28.8. The Balaban J connectivity index is 1.38. The highest BCUT2D eigenvalue weighted by Crippen LogP contribution is 2.32. The lowest BCUT2D eigenvalue weighted by Crippen LogP contribution is -2.38. The van der Waals surface area contributed by atoms with Crippen LogP contribution >= 0.6 is 0 Å². The van der Waals surface area contributed by atoms with Gasteiger partial charge in [-0.2, -0.15) is 5.10 Å². The molecule has 214 valence electrons. The van der Waals surface area contributed by atoms with Crippen LogP contribution in [0.3, 0.4) is 0 Å². The van der Waals surface area contributed by atoms with Gasteiger partial charge in [-0.3, -0.25) is 14.4 Å². The Hall–Kier alpha value is -4.21. The third kappa shape index (κ3) is 6.75. The summed E-state index contributed by atoms with van der Waals surface area (Å²) in [6.45, 7) is 11.3. The van der Waals surface area contributed by atoms with E-state index in [0.717, 1.165) is 60.6 Å². The van der Waals surface area contributed by atoms with E-state index in [4.69, 9.17) is 14.6 Å². The molecule has 2 heterocycles. The summed E-state index contributed by atoms with van der Waals surface area (Å²) in [6, 6.07) is 23.1. The lowest BCUT2D eigenvalue weighted by Gasteiger charge is -2.26. The van der Waals surface area contributed by atoms with Gasteiger partial charge in [0.2, 0.25) is 0 Å². The first-order chi connectivity index (χ1) is 19.8. The number of carbonyl (C=O) groups is 1. The van der Waals surface area contributed by atoms with Gasteiger partial charge < -0.3 is 20.0 Å². The summed E-state index contributed by atoms with van der Waals surface area (Å²) in [5.74, 6) is 0.215. The second kappa shape index (κ2) is 12.5. The number of hydrogen-bond donors (Lipinski definition) is 2. The van der Waals surface area contributed by atoms with Crippen molar-refractivity contribution in [3.63, 3.8) is 0 Å². The molecule has 0 saturated carbocycles. The molecule has 1 aliphatic heterocycles. The van der Waals surface area contributed by atoms with Crippen LogP contribution in [-0.4, -0.2) is 71.0 Å². The quantitative estimate of drug-likeness (QED) is 0.173. The fourth-order valence-corrected chi connectivity index (χ4v) is 4.86. The number of hydrogen-bond acceptors (Lipinski definition) is 7. The van der Waals surface area contributed by atoms with Crippen LogP contribution in [-0.2, 0) is 21.5 Å². The summed E-state index contributed by atoms with van der Waals surface area (Å²) >= 11 is 0. The molecule has 3 aromatic carbocycles. The zero-order valence-electron chi connectivity index (χ0n) is 23.8. The van der Waals surface area contributed by atoms with Gasteiger partial charge in [0.05, 0.1) is 31.1 Å². The van der Waals surface area contributed by atoms with Crippen molar-refractivity contribution in [2.75, 3.05) is 44.8 Å². The predicted octanol–water partition coefficient (Wildman–Crippen LogP) is 4.91. The van der Waals surface area contributed by atoms with Gasteiger partial charge in [-0.05, 0) is 23.8 Å². The number of amides is 1. The predicted molar refractivity (Wildman–Crippen MR) is 160 cm³/mol. The second-order valence-electron chi connectivity index (χ2n) is 11.2. The maximum absolute atomic E-state index is 13.6. The van der Waals surface area contributed by atoms with Crippen LogP contribution in [0.25, 0.3) is 10.8 Å². The fourth-order valence-electron chi connectivity index (χ4n) is 4.86. The Morgan fingerprint density at radius 1 is 1.02 bits per heavy atom. The summed E-state index contributed by atoms with van der Waals surface area (Å²) in [5, 5.41) is 22.9. The Labute approximate surface area is 240 Å². The number of anilines is 1. The highest BCUT2D eigenvalue weighted by atomic mass is 16.5. The number of nitrogens with zero attached hydrogens (tertiary/aromatic N) is 4. The first-order valence-corrected chi connectivity index (χ1v) is 13.9. The SMILES string of the molecule is CC(C)(C)c1cc(/C(=N/O)C(=O)Nc2ccc(OCCN3CCOCC3)c3ccccc23)n(Cc2ccccc2)n1. The van der Waals surface area contributed by atoms with E-state index in [-0.39, 0.29) is 11.1 Å². The number of morpholine rings is 1. The van der Waals surface area contributed by atoms with E-state index < -0.39 is 5.91 Å². The molecule has 2 N–H and O–H groups in total. The van der Waals surface area contributed by atoms with E-state index in [1.165, 1.54) is 0 Å². The Morgan fingerprint density at radius 2 is 1.73 bits per heavy atom. The van der Waals surface area contributed by atoms with E-state index in [2.05, 4.69) is 36.1 Å². The summed E-state index contributed by atoms with van der Waals surface area (Å²) < 4.78 is 13.3. The minimum absolute atomic E-state index is 0.112. The van der Waals surface area contributed by atoms with Crippen molar-refractivity contribution < 1.29 is 19.5 Å². The van der Waals surface area contributed by atoms with E-state index in [0.29, 0.717) is 24.5 Å². The number of carbonyl (C=O) groups excluding carboxylic acids is 1. The van der Waals surface area contributed by atoms with Crippen molar-refractivity contribution in [3.05, 3.63) is 89.7 Å². The normalized spacial score (nSPS) is 14.8. The molecule has 0 atom stereocenters. The monoisotopic (exact) mass is 555 g/mol. The first-order valence-electron chi connectivity index (χ1n) is 13.9. The molecule has 1 aliphatic rings. The Morgan fingerprint density at radius 3 is 2.44 bits per heavy atom. The Kier molecular flexibility index (Phi) is 8.66. The molecule has 1 saturated heterocycles. The van der Waals surface area contributed by atoms with Gasteiger partial charge in [-0.1, -0.05) is 80.5 Å². The van der Waals surface area contributed by atoms with E-state index >= 15 is 0 Å². The minimum atomic E-state index is -0.534. The molecule has 9 heteroatoms. The van der Waals surface area contributed by atoms with Crippen LogP contribution in [0.15, 0.2) is 78.0 Å². The molecule has 1 amide bonds. The van der Waals surface area contributed by atoms with Gasteiger partial charge in [0.1, 0.15) is 12.4 Å². The van der Waals surface area contributed by atoms with Gasteiger partial charge in [0.25, 0.3) is 5.91 Å². The molecule has 41 heavy (non-hydrogen) atoms. The van der Waals surface area contributed by atoms with Crippen molar-refractivity contribution >= 4 is 28.1 Å². The number of benzene rings is 3. The van der Waals surface area contributed by atoms with Crippen LogP contribution in [0.4, 0.5) is 5.69 Å². The van der Waals surface area contributed by atoms with Crippen molar-refractivity contribution in [2.24, 2.45) is 5.16 Å². The largest absolute Gasteiger partial charge is 0.492 e. The molecule has 0 bridgehead atoms. The van der Waals surface area contributed by atoms with Crippen LogP contribution in [0.5, 0.6) is 5.75 Å². The number of fused-ring (bicyclic) bond motifs is 1. The van der Waals surface area contributed by atoms with Crippen LogP contribution in [0.1, 0.15) is 37.7 Å². The molecule has 9 nitrogen and oxygen atoms in total. The van der Waals surface area contributed by atoms with E-state index in [1.807, 2.05) is 72.8 Å².